The number of nitrogens with zero attached hydrogens (tertiary/aromatic N) is 6. The molecule has 4 rings (SSSR count). The van der Waals surface area contributed by atoms with Crippen LogP contribution in [0.15, 0.2) is 27.8 Å². The third kappa shape index (κ3) is 5.04. The largest absolute Gasteiger partial charge is 0.394 e. The molecule has 15 heteroatoms. The monoisotopic (exact) mass is 592 g/mol. The van der Waals surface area contributed by atoms with Crippen molar-refractivity contribution in [1.29, 1.82) is 0 Å². The third-order valence-corrected chi connectivity index (χ3v) is 8.19. The zero-order valence-electron chi connectivity index (χ0n) is 16.7. The number of methoxy groups -OCH3 is 1. The second-order valence-corrected chi connectivity index (χ2v) is 10.8. The van der Waals surface area contributed by atoms with E-state index in [0.717, 1.165) is 11.3 Å². The van der Waals surface area contributed by atoms with Gasteiger partial charge in [0.2, 0.25) is 0 Å². The van der Waals surface area contributed by atoms with Gasteiger partial charge in [0.25, 0.3) is 5.82 Å². The fourth-order valence-electron chi connectivity index (χ4n) is 3.33. The lowest BCUT2D eigenvalue weighted by atomic mass is 9.97. The summed E-state index contributed by atoms with van der Waals surface area (Å²) in [5.41, 5.74) is -0.285. The number of pyridine rings is 1. The van der Waals surface area contributed by atoms with Gasteiger partial charge >= 0.3 is 0 Å². The van der Waals surface area contributed by atoms with Gasteiger partial charge in [0.05, 0.1) is 17.3 Å². The van der Waals surface area contributed by atoms with Gasteiger partial charge in [-0.3, -0.25) is 0 Å². The quantitative estimate of drug-likeness (QED) is 0.411. The highest BCUT2D eigenvalue weighted by Crippen LogP contribution is 2.42. The molecule has 1 saturated heterocycles. The summed E-state index contributed by atoms with van der Waals surface area (Å²) in [7, 11) is 1.48. The summed E-state index contributed by atoms with van der Waals surface area (Å²) in [5, 5.41) is 29.7. The van der Waals surface area contributed by atoms with Crippen molar-refractivity contribution in [1.82, 2.24) is 25.0 Å². The number of thiazole rings is 1. The Kier molecular flexibility index (Phi) is 7.89. The van der Waals surface area contributed by atoms with Gasteiger partial charge in [-0.2, -0.15) is 0 Å². The van der Waals surface area contributed by atoms with Gasteiger partial charge in [0, 0.05) is 12.0 Å². The number of hydrogen-bond donors (Lipinski definition) is 2. The van der Waals surface area contributed by atoms with Gasteiger partial charge in [-0.1, -0.05) is 46.3 Å². The van der Waals surface area contributed by atoms with Gasteiger partial charge in [-0.15, -0.1) is 21.8 Å². The normalized spacial score (nSPS) is 25.2. The summed E-state index contributed by atoms with van der Waals surface area (Å²) in [6.45, 7) is 6.95. The second-order valence-electron chi connectivity index (χ2n) is 6.78. The van der Waals surface area contributed by atoms with Gasteiger partial charge in [0.1, 0.15) is 51.0 Å². The predicted molar refractivity (Wildman–Crippen MR) is 127 cm³/mol. The number of aliphatic hydroxyl groups excluding tert-OH is 2. The van der Waals surface area contributed by atoms with Crippen LogP contribution in [-0.2, 0) is 9.47 Å². The third-order valence-electron chi connectivity index (χ3n) is 4.83. The van der Waals surface area contributed by atoms with E-state index in [0.29, 0.717) is 24.4 Å². The number of rotatable bonds is 6. The first kappa shape index (κ1) is 24.8. The lowest BCUT2D eigenvalue weighted by Gasteiger charge is -2.43. The van der Waals surface area contributed by atoms with Gasteiger partial charge in [0.15, 0.2) is 5.15 Å². The first-order chi connectivity index (χ1) is 15.9. The molecule has 0 bridgehead atoms. The van der Waals surface area contributed by atoms with Gasteiger partial charge < -0.3 is 24.5 Å². The molecule has 1 aliphatic heterocycles. The first-order valence-corrected chi connectivity index (χ1v) is 12.5. The molecule has 174 valence electrons. The summed E-state index contributed by atoms with van der Waals surface area (Å²) in [6.07, 6.45) is 0.327. The molecule has 0 spiro atoms. The maximum Gasteiger partial charge on any atom is 0.283 e. The Morgan fingerprint density at radius 3 is 2.88 bits per heavy atom. The van der Waals surface area contributed by atoms with Gasteiger partial charge in [-0.05, 0) is 22.0 Å². The highest BCUT2D eigenvalue weighted by molar-refractivity contribution is 9.10. The fourth-order valence-corrected chi connectivity index (χ4v) is 6.21. The van der Waals surface area contributed by atoms with Crippen molar-refractivity contribution in [2.24, 2.45) is 0 Å². The van der Waals surface area contributed by atoms with Crippen LogP contribution in [0.5, 0.6) is 0 Å². The molecule has 4 heterocycles. The average Bonchev–Trinajstić information content (AvgIpc) is 3.41. The number of thioether (sulfide) groups is 1. The Labute approximate surface area is 214 Å². The minimum atomic E-state index is -1.16. The van der Waals surface area contributed by atoms with Crippen LogP contribution >= 0.6 is 62.2 Å². The zero-order chi connectivity index (χ0) is 23.7. The van der Waals surface area contributed by atoms with E-state index in [-0.39, 0.29) is 11.0 Å². The Morgan fingerprint density at radius 2 is 2.24 bits per heavy atom. The zero-order valence-corrected chi connectivity index (χ0v) is 21.4. The van der Waals surface area contributed by atoms with E-state index in [1.807, 2.05) is 0 Å². The van der Waals surface area contributed by atoms with Crippen LogP contribution < -0.4 is 0 Å². The molecular weight excluding hydrogens is 579 g/mol. The molecule has 0 radical (unpaired) electrons. The lowest BCUT2D eigenvalue weighted by Crippen LogP contribution is -2.55. The minimum absolute atomic E-state index is 0.169. The molecule has 0 aliphatic carbocycles. The summed E-state index contributed by atoms with van der Waals surface area (Å²) in [6, 6.07) is 0.987. The molecular formula is C18H15BrCl2N6O4S2. The Bertz CT molecular complexity index is 1170. The molecule has 0 aromatic carbocycles. The summed E-state index contributed by atoms with van der Waals surface area (Å²) < 4.78 is 14.1. The smallest absolute Gasteiger partial charge is 0.283 e. The molecule has 2 N–H and O–H groups in total. The van der Waals surface area contributed by atoms with E-state index >= 15 is 0 Å². The van der Waals surface area contributed by atoms with Crippen molar-refractivity contribution in [2.45, 2.75) is 34.7 Å². The topological polar surface area (TPSA) is 120 Å². The van der Waals surface area contributed by atoms with Crippen LogP contribution in [-0.4, -0.2) is 72.6 Å². The maximum atomic E-state index is 11.0. The van der Waals surface area contributed by atoms with E-state index in [2.05, 4.69) is 41.1 Å². The number of halogens is 3. The van der Waals surface area contributed by atoms with Crippen LogP contribution in [0.25, 0.3) is 15.5 Å². The van der Waals surface area contributed by atoms with Crippen molar-refractivity contribution in [3.63, 3.8) is 0 Å². The second kappa shape index (κ2) is 10.5. The maximum absolute atomic E-state index is 11.0. The molecule has 2 unspecified atom stereocenters. The highest BCUT2D eigenvalue weighted by Gasteiger charge is 2.47. The Morgan fingerprint density at radius 1 is 1.45 bits per heavy atom. The molecule has 33 heavy (non-hydrogen) atoms. The fraction of sp³-hybridized carbons (Fsp3) is 0.389. The van der Waals surface area contributed by atoms with Crippen molar-refractivity contribution in [2.75, 3.05) is 13.7 Å². The summed E-state index contributed by atoms with van der Waals surface area (Å²) in [4.78, 5) is 12.3. The SMILES string of the molecule is [C-]#[N+]c1ncc(Br)cc1S[C@H]1OC(CO)[C@H](O)[C@H](n2cc(-c3nc(Cl)c(Cl)s3)nn2)C1OC. The van der Waals surface area contributed by atoms with Crippen molar-refractivity contribution in [3.05, 3.63) is 43.8 Å². The van der Waals surface area contributed by atoms with Crippen LogP contribution in [0.4, 0.5) is 5.82 Å². The number of hydrogen-bond acceptors (Lipinski definition) is 10. The van der Waals surface area contributed by atoms with Crippen molar-refractivity contribution < 1.29 is 19.7 Å². The van der Waals surface area contributed by atoms with E-state index in [9.17, 15) is 10.2 Å². The van der Waals surface area contributed by atoms with Gasteiger partial charge in [-0.25, -0.2) is 9.67 Å². The Balaban J connectivity index is 1.68. The van der Waals surface area contributed by atoms with E-state index in [1.54, 1.807) is 12.3 Å². The molecule has 1 aliphatic rings. The molecule has 3 aromatic rings. The Hall–Kier alpha value is -1.34. The summed E-state index contributed by atoms with van der Waals surface area (Å²) >= 11 is 17.7. The van der Waals surface area contributed by atoms with E-state index in [1.165, 1.54) is 29.8 Å². The van der Waals surface area contributed by atoms with Crippen LogP contribution in [0.3, 0.4) is 0 Å². The lowest BCUT2D eigenvalue weighted by molar-refractivity contribution is -0.186. The van der Waals surface area contributed by atoms with Crippen LogP contribution in [0.1, 0.15) is 6.04 Å². The van der Waals surface area contributed by atoms with Crippen molar-refractivity contribution in [3.8, 4) is 10.7 Å². The van der Waals surface area contributed by atoms with Crippen molar-refractivity contribution >= 4 is 68.0 Å². The van der Waals surface area contributed by atoms with Crippen LogP contribution in [0, 0.1) is 6.57 Å². The molecule has 1 fully saturated rings. The average molecular weight is 594 g/mol. The molecule has 0 amide bonds. The number of aromatic nitrogens is 5. The molecule has 3 aromatic heterocycles. The first-order valence-electron chi connectivity index (χ1n) is 9.27. The molecule has 5 atom stereocenters. The summed E-state index contributed by atoms with van der Waals surface area (Å²) in [5.74, 6) is 0.199. The predicted octanol–water partition coefficient (Wildman–Crippen LogP) is 3.84. The van der Waals surface area contributed by atoms with E-state index < -0.39 is 36.4 Å². The molecule has 0 saturated carbocycles. The minimum Gasteiger partial charge on any atom is -0.394 e. The highest BCUT2D eigenvalue weighted by atomic mass is 79.9. The standard InChI is InChI=1S/C18H15BrCl2N6O4S2/c1-22-16-10(3-7(19)4-23-16)32-18-13(30-2)11(12(29)9(6-28)31-18)27-5-8(25-26-27)17-24-14(20)15(21)33-17/h3-5,9,11-13,18,28-29H,6H2,2H3/t9?,11-,12-,13?,18+/m0/s1. The van der Waals surface area contributed by atoms with E-state index in [4.69, 9.17) is 39.2 Å². The van der Waals surface area contributed by atoms with Crippen LogP contribution in [0.2, 0.25) is 9.49 Å². The number of aliphatic hydroxyl groups is 2. The number of ether oxygens (including phenoxy) is 2. The molecule has 10 nitrogen and oxygen atoms in total.